The number of aliphatic carboxylic acids is 1. The van der Waals surface area contributed by atoms with Gasteiger partial charge in [-0.25, -0.2) is 0 Å². The summed E-state index contributed by atoms with van der Waals surface area (Å²) in [5.41, 5.74) is 0. The lowest BCUT2D eigenvalue weighted by atomic mass is 10.0. The molecule has 0 saturated carbocycles. The Kier molecular flexibility index (Phi) is 6.28. The normalized spacial score (nSPS) is 18.1. The Labute approximate surface area is 115 Å². The lowest BCUT2D eigenvalue weighted by Crippen LogP contribution is -2.54. The van der Waals surface area contributed by atoms with Crippen molar-refractivity contribution in [3.63, 3.8) is 0 Å². The zero-order valence-electron chi connectivity index (χ0n) is 12.2. The highest BCUT2D eigenvalue weighted by molar-refractivity contribution is 5.79. The van der Waals surface area contributed by atoms with E-state index in [1.165, 1.54) is 6.42 Å². The summed E-state index contributed by atoms with van der Waals surface area (Å²) in [6, 6.07) is 0.197. The first-order chi connectivity index (χ1) is 8.88. The summed E-state index contributed by atoms with van der Waals surface area (Å²) >= 11 is 0. The van der Waals surface area contributed by atoms with Crippen LogP contribution in [0.1, 0.15) is 40.0 Å². The molecule has 1 fully saturated rings. The van der Waals surface area contributed by atoms with Crippen LogP contribution in [-0.2, 0) is 9.59 Å². The number of nitrogens with zero attached hydrogens (tertiary/aromatic N) is 1. The molecule has 0 aliphatic carbocycles. The van der Waals surface area contributed by atoms with E-state index in [9.17, 15) is 9.59 Å². The minimum atomic E-state index is -0.765. The molecule has 1 saturated heterocycles. The monoisotopic (exact) mass is 270 g/mol. The molecule has 0 aromatic heterocycles. The standard InChI is InChI=1S/C14H26N2O3/c1-10(2)5-4-6-11(3)15-13(17)9-16-7-12(8-16)14(18)19/h10-12H,4-9H2,1-3H3,(H,15,17)(H,18,19). The highest BCUT2D eigenvalue weighted by Gasteiger charge is 2.33. The fourth-order valence-electron chi connectivity index (χ4n) is 2.28. The minimum Gasteiger partial charge on any atom is -0.481 e. The van der Waals surface area contributed by atoms with Crippen molar-refractivity contribution < 1.29 is 14.7 Å². The number of carbonyl (C=O) groups excluding carboxylic acids is 1. The number of hydrogen-bond acceptors (Lipinski definition) is 3. The first-order valence-corrected chi connectivity index (χ1v) is 7.13. The van der Waals surface area contributed by atoms with E-state index in [0.29, 0.717) is 25.6 Å². The van der Waals surface area contributed by atoms with Crippen LogP contribution < -0.4 is 5.32 Å². The first-order valence-electron chi connectivity index (χ1n) is 7.13. The number of likely N-dealkylation sites (tertiary alicyclic amines) is 1. The van der Waals surface area contributed by atoms with Gasteiger partial charge < -0.3 is 10.4 Å². The minimum absolute atomic E-state index is 0.000820. The van der Waals surface area contributed by atoms with Gasteiger partial charge in [0.15, 0.2) is 0 Å². The van der Waals surface area contributed by atoms with E-state index in [2.05, 4.69) is 19.2 Å². The molecule has 5 nitrogen and oxygen atoms in total. The van der Waals surface area contributed by atoms with Crippen LogP contribution in [0.15, 0.2) is 0 Å². The van der Waals surface area contributed by atoms with Crippen LogP contribution in [-0.4, -0.2) is 47.6 Å². The molecule has 5 heteroatoms. The van der Waals surface area contributed by atoms with Gasteiger partial charge in [0.2, 0.25) is 5.91 Å². The molecule has 1 heterocycles. The van der Waals surface area contributed by atoms with Crippen molar-refractivity contribution in [2.45, 2.75) is 46.1 Å². The predicted molar refractivity (Wildman–Crippen MR) is 73.9 cm³/mol. The Morgan fingerprint density at radius 3 is 2.42 bits per heavy atom. The van der Waals surface area contributed by atoms with Gasteiger partial charge in [0.25, 0.3) is 0 Å². The molecule has 1 atom stereocenters. The first kappa shape index (κ1) is 16.0. The van der Waals surface area contributed by atoms with Gasteiger partial charge in [-0.15, -0.1) is 0 Å². The summed E-state index contributed by atoms with van der Waals surface area (Å²) in [6.07, 6.45) is 3.32. The Morgan fingerprint density at radius 2 is 1.89 bits per heavy atom. The molecular weight excluding hydrogens is 244 g/mol. The van der Waals surface area contributed by atoms with E-state index in [-0.39, 0.29) is 17.9 Å². The number of carboxylic acid groups (broad SMARTS) is 1. The molecule has 0 aromatic carbocycles. The molecule has 0 aromatic rings. The zero-order chi connectivity index (χ0) is 14.4. The number of carbonyl (C=O) groups is 2. The predicted octanol–water partition coefficient (Wildman–Crippen LogP) is 1.33. The van der Waals surface area contributed by atoms with E-state index in [1.54, 1.807) is 0 Å². The van der Waals surface area contributed by atoms with E-state index in [0.717, 1.165) is 12.8 Å². The molecular formula is C14H26N2O3. The molecule has 0 bridgehead atoms. The summed E-state index contributed by atoms with van der Waals surface area (Å²) < 4.78 is 0. The third-order valence-electron chi connectivity index (χ3n) is 3.50. The summed E-state index contributed by atoms with van der Waals surface area (Å²) in [5.74, 6) is -0.354. The van der Waals surface area contributed by atoms with Gasteiger partial charge in [0.1, 0.15) is 0 Å². The van der Waals surface area contributed by atoms with Gasteiger partial charge in [-0.2, -0.15) is 0 Å². The van der Waals surface area contributed by atoms with E-state index < -0.39 is 5.97 Å². The largest absolute Gasteiger partial charge is 0.481 e. The molecule has 0 spiro atoms. The van der Waals surface area contributed by atoms with Crippen LogP contribution >= 0.6 is 0 Å². The summed E-state index contributed by atoms with van der Waals surface area (Å²) in [7, 11) is 0. The smallest absolute Gasteiger partial charge is 0.309 e. The van der Waals surface area contributed by atoms with Crippen molar-refractivity contribution in [1.29, 1.82) is 0 Å². The Bertz CT molecular complexity index is 312. The maximum absolute atomic E-state index is 11.7. The van der Waals surface area contributed by atoms with Gasteiger partial charge in [0.05, 0.1) is 12.5 Å². The van der Waals surface area contributed by atoms with E-state index in [4.69, 9.17) is 5.11 Å². The maximum atomic E-state index is 11.7. The van der Waals surface area contributed by atoms with Gasteiger partial charge in [-0.1, -0.05) is 26.7 Å². The molecule has 1 rings (SSSR count). The van der Waals surface area contributed by atoms with E-state index in [1.807, 2.05) is 11.8 Å². The summed E-state index contributed by atoms with van der Waals surface area (Å²) in [6.45, 7) is 7.72. The SMILES string of the molecule is CC(C)CCCC(C)NC(=O)CN1CC(C(=O)O)C1. The number of amides is 1. The molecule has 1 amide bonds. The van der Waals surface area contributed by atoms with Crippen molar-refractivity contribution >= 4 is 11.9 Å². The van der Waals surface area contributed by atoms with Crippen LogP contribution in [0.25, 0.3) is 0 Å². The second kappa shape index (κ2) is 7.48. The number of nitrogens with one attached hydrogen (secondary N) is 1. The third-order valence-corrected chi connectivity index (χ3v) is 3.50. The van der Waals surface area contributed by atoms with Crippen molar-refractivity contribution in [2.24, 2.45) is 11.8 Å². The molecule has 110 valence electrons. The number of rotatable bonds is 8. The quantitative estimate of drug-likeness (QED) is 0.698. The van der Waals surface area contributed by atoms with Crippen LogP contribution in [0.3, 0.4) is 0 Å². The van der Waals surface area contributed by atoms with Crippen LogP contribution in [0.2, 0.25) is 0 Å². The van der Waals surface area contributed by atoms with Gasteiger partial charge >= 0.3 is 5.97 Å². The second-order valence-electron chi connectivity index (χ2n) is 6.02. The molecule has 1 aliphatic rings. The highest BCUT2D eigenvalue weighted by atomic mass is 16.4. The lowest BCUT2D eigenvalue weighted by molar-refractivity contribution is -0.148. The molecule has 2 N–H and O–H groups in total. The number of hydrogen-bond donors (Lipinski definition) is 2. The van der Waals surface area contributed by atoms with E-state index >= 15 is 0 Å². The Morgan fingerprint density at radius 1 is 1.26 bits per heavy atom. The average Bonchev–Trinajstić information content (AvgIpc) is 2.21. The van der Waals surface area contributed by atoms with Crippen molar-refractivity contribution in [3.05, 3.63) is 0 Å². The highest BCUT2D eigenvalue weighted by Crippen LogP contribution is 2.14. The van der Waals surface area contributed by atoms with Crippen LogP contribution in [0, 0.1) is 11.8 Å². The fourth-order valence-corrected chi connectivity index (χ4v) is 2.28. The molecule has 1 unspecified atom stereocenters. The Balaban J connectivity index is 2.09. The average molecular weight is 270 g/mol. The number of carboxylic acids is 1. The second-order valence-corrected chi connectivity index (χ2v) is 6.02. The zero-order valence-corrected chi connectivity index (χ0v) is 12.2. The van der Waals surface area contributed by atoms with Crippen LogP contribution in [0.5, 0.6) is 0 Å². The maximum Gasteiger partial charge on any atom is 0.309 e. The fraction of sp³-hybridized carbons (Fsp3) is 0.857. The topological polar surface area (TPSA) is 69.6 Å². The van der Waals surface area contributed by atoms with Crippen LogP contribution in [0.4, 0.5) is 0 Å². The summed E-state index contributed by atoms with van der Waals surface area (Å²) in [5, 5.41) is 11.7. The Hall–Kier alpha value is -1.10. The van der Waals surface area contributed by atoms with Gasteiger partial charge in [0, 0.05) is 19.1 Å². The third kappa shape index (κ3) is 6.05. The molecule has 1 aliphatic heterocycles. The molecule has 19 heavy (non-hydrogen) atoms. The van der Waals surface area contributed by atoms with Crippen molar-refractivity contribution in [3.8, 4) is 0 Å². The van der Waals surface area contributed by atoms with Crippen molar-refractivity contribution in [1.82, 2.24) is 10.2 Å². The van der Waals surface area contributed by atoms with Crippen molar-refractivity contribution in [2.75, 3.05) is 19.6 Å². The lowest BCUT2D eigenvalue weighted by Gasteiger charge is -2.36. The molecule has 0 radical (unpaired) electrons. The van der Waals surface area contributed by atoms with Gasteiger partial charge in [-0.3, -0.25) is 14.5 Å². The van der Waals surface area contributed by atoms with Gasteiger partial charge in [-0.05, 0) is 19.3 Å². The summed E-state index contributed by atoms with van der Waals surface area (Å²) in [4.78, 5) is 24.2.